The van der Waals surface area contributed by atoms with Crippen molar-refractivity contribution in [3.63, 3.8) is 0 Å². The van der Waals surface area contributed by atoms with E-state index in [9.17, 15) is 0 Å². The molecule has 0 aliphatic heterocycles. The van der Waals surface area contributed by atoms with Gasteiger partial charge >= 0.3 is 0 Å². The number of nitrogens with zero attached hydrogens (tertiary/aromatic N) is 1. The standard InChI is InChI=1S/C9H13ClN2/c1-9(2,6-11)8-7(10)4-3-5-12-8/h3-5H,6,11H2,1-2H3. The zero-order chi connectivity index (χ0) is 9.19. The first-order valence-corrected chi connectivity index (χ1v) is 4.27. The molecule has 66 valence electrons. The smallest absolute Gasteiger partial charge is 0.0658 e. The maximum Gasteiger partial charge on any atom is 0.0658 e. The Kier molecular flexibility index (Phi) is 2.70. The molecule has 0 saturated carbocycles. The first kappa shape index (κ1) is 9.49. The number of pyridine rings is 1. The molecule has 0 radical (unpaired) electrons. The van der Waals surface area contributed by atoms with Crippen LogP contribution in [-0.4, -0.2) is 11.5 Å². The third kappa shape index (κ3) is 1.76. The zero-order valence-electron chi connectivity index (χ0n) is 7.34. The van der Waals surface area contributed by atoms with Gasteiger partial charge in [-0.15, -0.1) is 0 Å². The molecule has 0 spiro atoms. The summed E-state index contributed by atoms with van der Waals surface area (Å²) in [5, 5.41) is 0.688. The molecule has 2 N–H and O–H groups in total. The van der Waals surface area contributed by atoms with Crippen molar-refractivity contribution in [1.82, 2.24) is 4.98 Å². The summed E-state index contributed by atoms with van der Waals surface area (Å²) in [4.78, 5) is 4.21. The van der Waals surface area contributed by atoms with Gasteiger partial charge in [0.05, 0.1) is 10.7 Å². The highest BCUT2D eigenvalue weighted by molar-refractivity contribution is 6.31. The predicted molar refractivity (Wildman–Crippen MR) is 51.3 cm³/mol. The molecule has 3 heteroatoms. The maximum absolute atomic E-state index is 5.97. The average Bonchev–Trinajstić information content (AvgIpc) is 2.05. The van der Waals surface area contributed by atoms with Crippen molar-refractivity contribution in [2.24, 2.45) is 5.73 Å². The average molecular weight is 185 g/mol. The van der Waals surface area contributed by atoms with E-state index in [0.717, 1.165) is 5.69 Å². The Morgan fingerprint density at radius 2 is 2.25 bits per heavy atom. The molecular formula is C9H13ClN2. The Balaban J connectivity index is 3.10. The third-order valence-corrected chi connectivity index (χ3v) is 2.21. The molecule has 0 bridgehead atoms. The van der Waals surface area contributed by atoms with Crippen LogP contribution in [0.5, 0.6) is 0 Å². The van der Waals surface area contributed by atoms with E-state index in [1.165, 1.54) is 0 Å². The van der Waals surface area contributed by atoms with Gasteiger partial charge in [-0.1, -0.05) is 25.4 Å². The Bertz CT molecular complexity index is 271. The van der Waals surface area contributed by atoms with Gasteiger partial charge in [-0.25, -0.2) is 0 Å². The largest absolute Gasteiger partial charge is 0.330 e. The predicted octanol–water partition coefficient (Wildman–Crippen LogP) is 1.97. The van der Waals surface area contributed by atoms with Crippen LogP contribution in [0, 0.1) is 0 Å². The van der Waals surface area contributed by atoms with E-state index in [2.05, 4.69) is 4.98 Å². The van der Waals surface area contributed by atoms with Gasteiger partial charge in [-0.05, 0) is 12.1 Å². The minimum atomic E-state index is -0.141. The highest BCUT2D eigenvalue weighted by Gasteiger charge is 2.22. The van der Waals surface area contributed by atoms with Crippen molar-refractivity contribution in [3.05, 3.63) is 29.0 Å². The van der Waals surface area contributed by atoms with Crippen LogP contribution < -0.4 is 5.73 Å². The van der Waals surface area contributed by atoms with Gasteiger partial charge in [-0.3, -0.25) is 4.98 Å². The molecule has 1 rings (SSSR count). The van der Waals surface area contributed by atoms with E-state index in [1.807, 2.05) is 26.0 Å². The lowest BCUT2D eigenvalue weighted by Crippen LogP contribution is -2.29. The molecule has 1 heterocycles. The topological polar surface area (TPSA) is 38.9 Å². The minimum Gasteiger partial charge on any atom is -0.330 e. The minimum absolute atomic E-state index is 0.141. The number of rotatable bonds is 2. The van der Waals surface area contributed by atoms with Crippen LogP contribution in [0.4, 0.5) is 0 Å². The second kappa shape index (κ2) is 3.42. The summed E-state index contributed by atoms with van der Waals surface area (Å²) in [6.45, 7) is 4.60. The van der Waals surface area contributed by atoms with Crippen LogP contribution in [0.1, 0.15) is 19.5 Å². The van der Waals surface area contributed by atoms with Crippen molar-refractivity contribution in [2.75, 3.05) is 6.54 Å². The fraction of sp³-hybridized carbons (Fsp3) is 0.444. The summed E-state index contributed by atoms with van der Waals surface area (Å²) in [6.07, 6.45) is 1.73. The van der Waals surface area contributed by atoms with Gasteiger partial charge in [0.2, 0.25) is 0 Å². The fourth-order valence-corrected chi connectivity index (χ4v) is 1.36. The van der Waals surface area contributed by atoms with E-state index in [-0.39, 0.29) is 5.41 Å². The molecule has 0 aliphatic carbocycles. The van der Waals surface area contributed by atoms with Crippen molar-refractivity contribution >= 4 is 11.6 Å². The number of aromatic nitrogens is 1. The number of halogens is 1. The highest BCUT2D eigenvalue weighted by atomic mass is 35.5. The van der Waals surface area contributed by atoms with Gasteiger partial charge in [0.1, 0.15) is 0 Å². The first-order chi connectivity index (χ1) is 5.58. The van der Waals surface area contributed by atoms with E-state index in [0.29, 0.717) is 11.6 Å². The molecule has 0 fully saturated rings. The lowest BCUT2D eigenvalue weighted by Gasteiger charge is -2.22. The van der Waals surface area contributed by atoms with Crippen LogP contribution in [0.15, 0.2) is 18.3 Å². The lowest BCUT2D eigenvalue weighted by atomic mass is 9.89. The normalized spacial score (nSPS) is 11.7. The second-order valence-electron chi connectivity index (χ2n) is 3.42. The monoisotopic (exact) mass is 184 g/mol. The van der Waals surface area contributed by atoms with Crippen LogP contribution in [0.25, 0.3) is 0 Å². The summed E-state index contributed by atoms with van der Waals surface area (Å²) in [6, 6.07) is 3.65. The molecule has 12 heavy (non-hydrogen) atoms. The quantitative estimate of drug-likeness (QED) is 0.764. The Hall–Kier alpha value is -0.600. The summed E-state index contributed by atoms with van der Waals surface area (Å²) in [5.74, 6) is 0. The molecule has 0 atom stereocenters. The van der Waals surface area contributed by atoms with Crippen LogP contribution in [-0.2, 0) is 5.41 Å². The van der Waals surface area contributed by atoms with Gasteiger partial charge in [0.25, 0.3) is 0 Å². The van der Waals surface area contributed by atoms with Gasteiger partial charge in [0, 0.05) is 18.2 Å². The van der Waals surface area contributed by atoms with E-state index in [1.54, 1.807) is 6.20 Å². The molecule has 2 nitrogen and oxygen atoms in total. The van der Waals surface area contributed by atoms with Gasteiger partial charge in [-0.2, -0.15) is 0 Å². The highest BCUT2D eigenvalue weighted by Crippen LogP contribution is 2.25. The van der Waals surface area contributed by atoms with E-state index in [4.69, 9.17) is 17.3 Å². The Morgan fingerprint density at radius 1 is 1.58 bits per heavy atom. The van der Waals surface area contributed by atoms with E-state index < -0.39 is 0 Å². The summed E-state index contributed by atoms with van der Waals surface area (Å²) < 4.78 is 0. The number of nitrogens with two attached hydrogens (primary N) is 1. The Labute approximate surface area is 77.8 Å². The molecule has 0 unspecified atom stereocenters. The summed E-state index contributed by atoms with van der Waals surface area (Å²) in [7, 11) is 0. The zero-order valence-corrected chi connectivity index (χ0v) is 8.10. The molecule has 1 aromatic rings. The SMILES string of the molecule is CC(C)(CN)c1ncccc1Cl. The van der Waals surface area contributed by atoms with Gasteiger partial charge < -0.3 is 5.73 Å². The Morgan fingerprint density at radius 3 is 2.75 bits per heavy atom. The maximum atomic E-state index is 5.97. The van der Waals surface area contributed by atoms with Crippen LogP contribution >= 0.6 is 11.6 Å². The molecular weight excluding hydrogens is 172 g/mol. The molecule has 0 amide bonds. The number of hydrogen-bond donors (Lipinski definition) is 1. The first-order valence-electron chi connectivity index (χ1n) is 3.89. The van der Waals surface area contributed by atoms with Crippen molar-refractivity contribution in [2.45, 2.75) is 19.3 Å². The second-order valence-corrected chi connectivity index (χ2v) is 3.83. The van der Waals surface area contributed by atoms with Crippen molar-refractivity contribution < 1.29 is 0 Å². The summed E-state index contributed by atoms with van der Waals surface area (Å²) >= 11 is 5.97. The summed E-state index contributed by atoms with van der Waals surface area (Å²) in [5.41, 5.74) is 6.34. The fourth-order valence-electron chi connectivity index (χ4n) is 0.980. The third-order valence-electron chi connectivity index (χ3n) is 1.91. The van der Waals surface area contributed by atoms with E-state index >= 15 is 0 Å². The van der Waals surface area contributed by atoms with Crippen LogP contribution in [0.2, 0.25) is 5.02 Å². The van der Waals surface area contributed by atoms with Crippen LogP contribution in [0.3, 0.4) is 0 Å². The van der Waals surface area contributed by atoms with Crippen molar-refractivity contribution in [1.29, 1.82) is 0 Å². The molecule has 0 aliphatic rings. The molecule has 1 aromatic heterocycles. The lowest BCUT2D eigenvalue weighted by molar-refractivity contribution is 0.522. The molecule has 0 saturated heterocycles. The number of hydrogen-bond acceptors (Lipinski definition) is 2. The van der Waals surface area contributed by atoms with Gasteiger partial charge in [0.15, 0.2) is 0 Å². The van der Waals surface area contributed by atoms with Crippen molar-refractivity contribution in [3.8, 4) is 0 Å². The molecule has 0 aromatic carbocycles.